The van der Waals surface area contributed by atoms with Crippen LogP contribution in [0.15, 0.2) is 36.4 Å². The van der Waals surface area contributed by atoms with Gasteiger partial charge in [-0.1, -0.05) is 0 Å². The first-order chi connectivity index (χ1) is 15.8. The highest BCUT2D eigenvalue weighted by Gasteiger charge is 2.28. The number of methoxy groups -OCH3 is 2. The molecule has 0 radical (unpaired) electrons. The normalized spacial score (nSPS) is 13.9. The number of nitrogens with one attached hydrogen (secondary N) is 2. The molecule has 0 spiro atoms. The lowest BCUT2D eigenvalue weighted by molar-refractivity contribution is -0.128. The maximum absolute atomic E-state index is 13.2. The quantitative estimate of drug-likeness (QED) is 0.661. The van der Waals surface area contributed by atoms with Crippen molar-refractivity contribution in [3.8, 4) is 11.5 Å². The van der Waals surface area contributed by atoms with Crippen molar-refractivity contribution >= 4 is 23.4 Å². The van der Waals surface area contributed by atoms with Crippen LogP contribution in [0.5, 0.6) is 11.5 Å². The monoisotopic (exact) mass is 461 g/mol. The summed E-state index contributed by atoms with van der Waals surface area (Å²) in [5.74, 6) is -2.47. The van der Waals surface area contributed by atoms with Crippen molar-refractivity contribution in [1.29, 1.82) is 0 Å². The number of rotatable bonds is 7. The lowest BCUT2D eigenvalue weighted by Gasteiger charge is -2.31. The van der Waals surface area contributed by atoms with Crippen molar-refractivity contribution in [2.75, 3.05) is 39.2 Å². The van der Waals surface area contributed by atoms with Gasteiger partial charge in [0.05, 0.1) is 20.8 Å². The zero-order valence-electron chi connectivity index (χ0n) is 18.3. The van der Waals surface area contributed by atoms with Gasteiger partial charge in [0.25, 0.3) is 5.91 Å². The standard InChI is InChI=1S/C23H25F2N3O5/c1-32-17-9-15(10-18(12-17)33-2)23(31)28-7-5-14(6-8-28)22(30)26-13-21(29)27-16-3-4-19(24)20(25)11-16/h3-4,9-12,14H,5-8,13H2,1-2H3,(H,26,30)(H,27,29). The number of hydrogen-bond donors (Lipinski definition) is 2. The molecule has 1 saturated heterocycles. The number of anilines is 1. The molecule has 10 heteroatoms. The number of carbonyl (C=O) groups is 3. The summed E-state index contributed by atoms with van der Waals surface area (Å²) in [6.07, 6.45) is 0.896. The van der Waals surface area contributed by atoms with E-state index in [1.807, 2.05) is 0 Å². The van der Waals surface area contributed by atoms with Crippen molar-refractivity contribution in [3.05, 3.63) is 53.6 Å². The third kappa shape index (κ3) is 6.18. The second kappa shape index (κ2) is 10.8. The van der Waals surface area contributed by atoms with E-state index in [0.29, 0.717) is 43.0 Å². The predicted molar refractivity (Wildman–Crippen MR) is 116 cm³/mol. The second-order valence-electron chi connectivity index (χ2n) is 7.56. The van der Waals surface area contributed by atoms with Crippen LogP contribution in [0, 0.1) is 17.6 Å². The Hall–Kier alpha value is -3.69. The van der Waals surface area contributed by atoms with Gasteiger partial charge in [0.2, 0.25) is 11.8 Å². The number of ether oxygens (including phenoxy) is 2. The van der Waals surface area contributed by atoms with Crippen LogP contribution in [0.2, 0.25) is 0 Å². The summed E-state index contributed by atoms with van der Waals surface area (Å²) in [4.78, 5) is 38.9. The van der Waals surface area contributed by atoms with Crippen LogP contribution < -0.4 is 20.1 Å². The highest BCUT2D eigenvalue weighted by atomic mass is 19.2. The van der Waals surface area contributed by atoms with Crippen LogP contribution in [0.4, 0.5) is 14.5 Å². The maximum Gasteiger partial charge on any atom is 0.254 e. The summed E-state index contributed by atoms with van der Waals surface area (Å²) in [7, 11) is 3.01. The summed E-state index contributed by atoms with van der Waals surface area (Å²) < 4.78 is 36.6. The Kier molecular flexibility index (Phi) is 7.81. The third-order valence-corrected chi connectivity index (χ3v) is 5.38. The Morgan fingerprint density at radius 3 is 2.18 bits per heavy atom. The Bertz CT molecular complexity index is 1020. The van der Waals surface area contributed by atoms with E-state index < -0.39 is 17.5 Å². The summed E-state index contributed by atoms with van der Waals surface area (Å²) in [6.45, 7) is 0.468. The van der Waals surface area contributed by atoms with Gasteiger partial charge in [0.15, 0.2) is 11.6 Å². The number of benzene rings is 2. The van der Waals surface area contributed by atoms with Crippen molar-refractivity contribution in [2.45, 2.75) is 12.8 Å². The second-order valence-corrected chi connectivity index (χ2v) is 7.56. The minimum absolute atomic E-state index is 0.0918. The first-order valence-corrected chi connectivity index (χ1v) is 10.4. The number of carbonyl (C=O) groups excluding carboxylic acids is 3. The van der Waals surface area contributed by atoms with E-state index in [-0.39, 0.29) is 30.0 Å². The van der Waals surface area contributed by atoms with Gasteiger partial charge in [-0.25, -0.2) is 8.78 Å². The Labute approximate surface area is 189 Å². The predicted octanol–water partition coefficient (Wildman–Crippen LogP) is 2.59. The molecule has 176 valence electrons. The van der Waals surface area contributed by atoms with E-state index in [1.54, 1.807) is 23.1 Å². The van der Waals surface area contributed by atoms with Crippen LogP contribution in [-0.4, -0.2) is 56.5 Å². The van der Waals surface area contributed by atoms with Gasteiger partial charge in [-0.05, 0) is 37.1 Å². The molecule has 2 N–H and O–H groups in total. The van der Waals surface area contributed by atoms with Gasteiger partial charge in [0, 0.05) is 42.4 Å². The zero-order valence-corrected chi connectivity index (χ0v) is 18.3. The van der Waals surface area contributed by atoms with E-state index in [2.05, 4.69) is 10.6 Å². The summed E-state index contributed by atoms with van der Waals surface area (Å²) >= 11 is 0. The number of halogens is 2. The van der Waals surface area contributed by atoms with Gasteiger partial charge in [-0.15, -0.1) is 0 Å². The fourth-order valence-corrected chi connectivity index (χ4v) is 3.55. The average molecular weight is 461 g/mol. The van der Waals surface area contributed by atoms with E-state index >= 15 is 0 Å². The molecule has 8 nitrogen and oxygen atoms in total. The molecule has 3 amide bonds. The van der Waals surface area contributed by atoms with Gasteiger partial charge in [0.1, 0.15) is 11.5 Å². The first-order valence-electron chi connectivity index (χ1n) is 10.4. The highest BCUT2D eigenvalue weighted by molar-refractivity contribution is 5.96. The van der Waals surface area contributed by atoms with Gasteiger partial charge < -0.3 is 25.0 Å². The van der Waals surface area contributed by atoms with Crippen LogP contribution >= 0.6 is 0 Å². The summed E-state index contributed by atoms with van der Waals surface area (Å²) in [6, 6.07) is 7.93. The molecule has 0 aliphatic carbocycles. The average Bonchev–Trinajstić information content (AvgIpc) is 2.84. The van der Waals surface area contributed by atoms with Crippen molar-refractivity contribution in [1.82, 2.24) is 10.2 Å². The minimum atomic E-state index is -1.08. The van der Waals surface area contributed by atoms with E-state index in [4.69, 9.17) is 9.47 Å². The van der Waals surface area contributed by atoms with E-state index in [9.17, 15) is 23.2 Å². The number of piperidine rings is 1. The molecule has 0 aromatic heterocycles. The lowest BCUT2D eigenvalue weighted by atomic mass is 9.95. The molecule has 1 fully saturated rings. The third-order valence-electron chi connectivity index (χ3n) is 5.38. The Morgan fingerprint density at radius 2 is 1.61 bits per heavy atom. The van der Waals surface area contributed by atoms with Crippen LogP contribution in [-0.2, 0) is 9.59 Å². The first kappa shape index (κ1) is 24.0. The molecule has 2 aromatic rings. The van der Waals surface area contributed by atoms with E-state index in [1.165, 1.54) is 20.3 Å². The highest BCUT2D eigenvalue weighted by Crippen LogP contribution is 2.25. The molecular weight excluding hydrogens is 436 g/mol. The van der Waals surface area contributed by atoms with Crippen LogP contribution in [0.25, 0.3) is 0 Å². The SMILES string of the molecule is COc1cc(OC)cc(C(=O)N2CCC(C(=O)NCC(=O)Nc3ccc(F)c(F)c3)CC2)c1. The van der Waals surface area contributed by atoms with Gasteiger partial charge in [-0.3, -0.25) is 14.4 Å². The molecule has 1 aliphatic heterocycles. The molecular formula is C23H25F2N3O5. The van der Waals surface area contributed by atoms with E-state index in [0.717, 1.165) is 12.1 Å². The fourth-order valence-electron chi connectivity index (χ4n) is 3.55. The largest absolute Gasteiger partial charge is 0.497 e. The number of likely N-dealkylation sites (tertiary alicyclic amines) is 1. The molecule has 1 aliphatic rings. The van der Waals surface area contributed by atoms with Gasteiger partial charge in [-0.2, -0.15) is 0 Å². The number of nitrogens with zero attached hydrogens (tertiary/aromatic N) is 1. The molecule has 0 bridgehead atoms. The maximum atomic E-state index is 13.2. The molecule has 3 rings (SSSR count). The van der Waals surface area contributed by atoms with Crippen molar-refractivity contribution in [3.63, 3.8) is 0 Å². The minimum Gasteiger partial charge on any atom is -0.497 e. The van der Waals surface area contributed by atoms with Crippen molar-refractivity contribution in [2.24, 2.45) is 5.92 Å². The fraction of sp³-hybridized carbons (Fsp3) is 0.348. The summed E-state index contributed by atoms with van der Waals surface area (Å²) in [5.41, 5.74) is 0.525. The molecule has 1 heterocycles. The van der Waals surface area contributed by atoms with Crippen LogP contribution in [0.3, 0.4) is 0 Å². The number of hydrogen-bond acceptors (Lipinski definition) is 5. The topological polar surface area (TPSA) is 97.0 Å². The molecule has 2 aromatic carbocycles. The Balaban J connectivity index is 1.48. The molecule has 0 unspecified atom stereocenters. The summed E-state index contributed by atoms with van der Waals surface area (Å²) in [5, 5.41) is 4.94. The van der Waals surface area contributed by atoms with Crippen LogP contribution in [0.1, 0.15) is 23.2 Å². The Morgan fingerprint density at radius 1 is 0.970 bits per heavy atom. The smallest absolute Gasteiger partial charge is 0.254 e. The molecule has 33 heavy (non-hydrogen) atoms. The van der Waals surface area contributed by atoms with Gasteiger partial charge >= 0.3 is 0 Å². The molecule has 0 atom stereocenters. The lowest BCUT2D eigenvalue weighted by Crippen LogP contribution is -2.44. The molecule has 0 saturated carbocycles. The number of amides is 3. The van der Waals surface area contributed by atoms with Crippen molar-refractivity contribution < 1.29 is 32.6 Å². The zero-order chi connectivity index (χ0) is 24.0.